The molecule has 0 aliphatic rings. The van der Waals surface area contributed by atoms with Crippen LogP contribution in [0.1, 0.15) is 11.1 Å². The molecule has 0 fully saturated rings. The van der Waals surface area contributed by atoms with Gasteiger partial charge >= 0.3 is 5.97 Å². The lowest BCUT2D eigenvalue weighted by Crippen LogP contribution is -2.00. The van der Waals surface area contributed by atoms with Crippen molar-refractivity contribution in [3.8, 4) is 0 Å². The Morgan fingerprint density at radius 2 is 1.59 bits per heavy atom. The Hall–Kier alpha value is -3.07. The predicted octanol–water partition coefficient (Wildman–Crippen LogP) is 4.05. The van der Waals surface area contributed by atoms with Gasteiger partial charge < -0.3 is 10.8 Å². The first-order valence-corrected chi connectivity index (χ1v) is 6.94. The van der Waals surface area contributed by atoms with E-state index in [0.29, 0.717) is 11.3 Å². The molecule has 3 rings (SSSR count). The number of nitrogen functional groups attached to an aromatic ring is 1. The fraction of sp³-hybridized carbons (Fsp3) is 0. The second-order valence-corrected chi connectivity index (χ2v) is 5.06. The Morgan fingerprint density at radius 1 is 0.909 bits per heavy atom. The van der Waals surface area contributed by atoms with E-state index < -0.39 is 5.97 Å². The van der Waals surface area contributed by atoms with Crippen LogP contribution in [0.15, 0.2) is 66.7 Å². The van der Waals surface area contributed by atoms with Gasteiger partial charge in [-0.05, 0) is 40.1 Å². The van der Waals surface area contributed by atoms with Gasteiger partial charge in [0.25, 0.3) is 0 Å². The number of carbonyl (C=O) groups is 1. The molecule has 0 heterocycles. The van der Waals surface area contributed by atoms with Gasteiger partial charge in [-0.1, -0.05) is 54.6 Å². The van der Waals surface area contributed by atoms with Crippen LogP contribution in [0, 0.1) is 0 Å². The summed E-state index contributed by atoms with van der Waals surface area (Å²) in [5.74, 6) is -0.951. The third kappa shape index (κ3) is 2.69. The van der Waals surface area contributed by atoms with Gasteiger partial charge in [0.1, 0.15) is 0 Å². The van der Waals surface area contributed by atoms with E-state index in [9.17, 15) is 9.90 Å². The number of hydrogen-bond donors (Lipinski definition) is 2. The fourth-order valence-corrected chi connectivity index (χ4v) is 2.47. The van der Waals surface area contributed by atoms with E-state index in [1.165, 1.54) is 0 Å². The smallest absolute Gasteiger partial charge is 0.336 e. The zero-order chi connectivity index (χ0) is 15.5. The second-order valence-electron chi connectivity index (χ2n) is 5.06. The molecule has 0 saturated heterocycles. The van der Waals surface area contributed by atoms with Crippen molar-refractivity contribution in [2.24, 2.45) is 0 Å². The SMILES string of the molecule is Nc1ccc(/C=C(\C(=O)O)c2cccc3ccccc23)cc1. The second kappa shape index (κ2) is 5.74. The van der Waals surface area contributed by atoms with Gasteiger partial charge in [0.2, 0.25) is 0 Å². The van der Waals surface area contributed by atoms with Crippen LogP contribution in [0.3, 0.4) is 0 Å². The Labute approximate surface area is 128 Å². The van der Waals surface area contributed by atoms with Crippen molar-refractivity contribution in [1.29, 1.82) is 0 Å². The van der Waals surface area contributed by atoms with Gasteiger partial charge in [0.05, 0.1) is 5.57 Å². The molecule has 3 aromatic rings. The average Bonchev–Trinajstić information content (AvgIpc) is 2.54. The van der Waals surface area contributed by atoms with Crippen LogP contribution in [-0.2, 0) is 4.79 Å². The van der Waals surface area contributed by atoms with Crippen molar-refractivity contribution < 1.29 is 9.90 Å². The van der Waals surface area contributed by atoms with Gasteiger partial charge in [0, 0.05) is 5.69 Å². The fourth-order valence-electron chi connectivity index (χ4n) is 2.47. The third-order valence-electron chi connectivity index (χ3n) is 3.56. The molecule has 0 unspecified atom stereocenters. The van der Waals surface area contributed by atoms with Gasteiger partial charge in [-0.15, -0.1) is 0 Å². The largest absolute Gasteiger partial charge is 0.478 e. The van der Waals surface area contributed by atoms with Gasteiger partial charge in [-0.25, -0.2) is 4.79 Å². The highest BCUT2D eigenvalue weighted by atomic mass is 16.4. The lowest BCUT2D eigenvalue weighted by Gasteiger charge is -2.08. The van der Waals surface area contributed by atoms with Crippen LogP contribution < -0.4 is 5.73 Å². The van der Waals surface area contributed by atoms with Crippen LogP contribution in [-0.4, -0.2) is 11.1 Å². The number of carboxylic acid groups (broad SMARTS) is 1. The molecular formula is C19H15NO2. The summed E-state index contributed by atoms with van der Waals surface area (Å²) in [5, 5.41) is 11.6. The maximum Gasteiger partial charge on any atom is 0.336 e. The highest BCUT2D eigenvalue weighted by molar-refractivity contribution is 6.23. The number of nitrogens with two attached hydrogens (primary N) is 1. The van der Waals surface area contributed by atoms with Crippen LogP contribution >= 0.6 is 0 Å². The normalized spacial score (nSPS) is 11.5. The molecule has 3 aromatic carbocycles. The Morgan fingerprint density at radius 3 is 2.32 bits per heavy atom. The summed E-state index contributed by atoms with van der Waals surface area (Å²) in [7, 11) is 0. The quantitative estimate of drug-likeness (QED) is 0.434. The molecule has 0 aliphatic carbocycles. The molecular weight excluding hydrogens is 274 g/mol. The van der Waals surface area contributed by atoms with Crippen molar-refractivity contribution in [3.63, 3.8) is 0 Å². The summed E-state index contributed by atoms with van der Waals surface area (Å²) < 4.78 is 0. The molecule has 3 N–H and O–H groups in total. The molecule has 3 heteroatoms. The van der Waals surface area contributed by atoms with E-state index in [2.05, 4.69) is 0 Å². The molecule has 22 heavy (non-hydrogen) atoms. The number of aliphatic carboxylic acids is 1. The third-order valence-corrected chi connectivity index (χ3v) is 3.56. The minimum absolute atomic E-state index is 0.265. The highest BCUT2D eigenvalue weighted by Gasteiger charge is 2.13. The molecule has 108 valence electrons. The van der Waals surface area contributed by atoms with Crippen LogP contribution in [0.25, 0.3) is 22.4 Å². The first kappa shape index (κ1) is 13.9. The average molecular weight is 289 g/mol. The number of benzene rings is 3. The number of rotatable bonds is 3. The zero-order valence-electron chi connectivity index (χ0n) is 11.9. The summed E-state index contributed by atoms with van der Waals surface area (Å²) in [6.45, 7) is 0. The van der Waals surface area contributed by atoms with Gasteiger partial charge in [-0.3, -0.25) is 0 Å². The van der Waals surface area contributed by atoms with E-state index in [1.807, 2.05) is 54.6 Å². The molecule has 0 aromatic heterocycles. The summed E-state index contributed by atoms with van der Waals surface area (Å²) >= 11 is 0. The molecule has 0 bridgehead atoms. The molecule has 0 amide bonds. The molecule has 0 saturated carbocycles. The number of hydrogen-bond acceptors (Lipinski definition) is 2. The van der Waals surface area contributed by atoms with E-state index in [1.54, 1.807) is 18.2 Å². The van der Waals surface area contributed by atoms with Crippen molar-refractivity contribution >= 4 is 34.1 Å². The first-order valence-electron chi connectivity index (χ1n) is 6.94. The monoisotopic (exact) mass is 289 g/mol. The summed E-state index contributed by atoms with van der Waals surface area (Å²) in [5.41, 5.74) is 8.10. The lowest BCUT2D eigenvalue weighted by molar-refractivity contribution is -0.130. The highest BCUT2D eigenvalue weighted by Crippen LogP contribution is 2.27. The Balaban J connectivity index is 2.19. The summed E-state index contributed by atoms with van der Waals surface area (Å²) in [6.07, 6.45) is 1.67. The van der Waals surface area contributed by atoms with Crippen LogP contribution in [0.5, 0.6) is 0 Å². The van der Waals surface area contributed by atoms with Crippen molar-refractivity contribution in [1.82, 2.24) is 0 Å². The number of anilines is 1. The van der Waals surface area contributed by atoms with Crippen LogP contribution in [0.4, 0.5) is 5.69 Å². The lowest BCUT2D eigenvalue weighted by atomic mass is 9.96. The Bertz CT molecular complexity index is 859. The topological polar surface area (TPSA) is 63.3 Å². The Kier molecular flexibility index (Phi) is 3.62. The molecule has 0 aliphatic heterocycles. The van der Waals surface area contributed by atoms with Gasteiger partial charge in [0.15, 0.2) is 0 Å². The van der Waals surface area contributed by atoms with Crippen molar-refractivity contribution in [2.45, 2.75) is 0 Å². The van der Waals surface area contributed by atoms with E-state index >= 15 is 0 Å². The minimum Gasteiger partial charge on any atom is -0.478 e. The predicted molar refractivity (Wildman–Crippen MR) is 90.3 cm³/mol. The number of fused-ring (bicyclic) bond motifs is 1. The maximum atomic E-state index is 11.7. The standard InChI is InChI=1S/C19H15NO2/c20-15-10-8-13(9-11-15)12-18(19(21)22)17-7-3-5-14-4-1-2-6-16(14)17/h1-12H,20H2,(H,21,22)/b18-12-. The number of carboxylic acids is 1. The van der Waals surface area contributed by atoms with Crippen LogP contribution in [0.2, 0.25) is 0 Å². The maximum absolute atomic E-state index is 11.7. The minimum atomic E-state index is -0.951. The first-order chi connectivity index (χ1) is 10.6. The molecule has 0 radical (unpaired) electrons. The summed E-state index contributed by atoms with van der Waals surface area (Å²) in [6, 6.07) is 20.6. The van der Waals surface area contributed by atoms with E-state index in [-0.39, 0.29) is 5.57 Å². The van der Waals surface area contributed by atoms with Crippen molar-refractivity contribution in [3.05, 3.63) is 77.9 Å². The molecule has 0 atom stereocenters. The molecule has 0 spiro atoms. The molecule has 3 nitrogen and oxygen atoms in total. The zero-order valence-corrected chi connectivity index (χ0v) is 11.9. The van der Waals surface area contributed by atoms with Gasteiger partial charge in [-0.2, -0.15) is 0 Å². The van der Waals surface area contributed by atoms with Crippen molar-refractivity contribution in [2.75, 3.05) is 5.73 Å². The van der Waals surface area contributed by atoms with E-state index in [0.717, 1.165) is 16.3 Å². The van der Waals surface area contributed by atoms with E-state index in [4.69, 9.17) is 5.73 Å². The summed E-state index contributed by atoms with van der Waals surface area (Å²) in [4.78, 5) is 11.7.